The van der Waals surface area contributed by atoms with E-state index >= 15 is 0 Å². The molecule has 0 unspecified atom stereocenters. The predicted octanol–water partition coefficient (Wildman–Crippen LogP) is 3.95. The maximum atomic E-state index is 12.9. The van der Waals surface area contributed by atoms with Gasteiger partial charge in [-0.3, -0.25) is 19.1 Å². The Morgan fingerprint density at radius 1 is 0.923 bits per heavy atom. The van der Waals surface area contributed by atoms with Gasteiger partial charge >= 0.3 is 11.9 Å². The van der Waals surface area contributed by atoms with Gasteiger partial charge in [0.2, 0.25) is 15.8 Å². The molecule has 2 aromatic carbocycles. The number of hydrogen-bond donors (Lipinski definition) is 1. The lowest BCUT2D eigenvalue weighted by Gasteiger charge is -2.24. The van der Waals surface area contributed by atoms with Gasteiger partial charge in [0.05, 0.1) is 18.0 Å². The second-order valence-electron chi connectivity index (χ2n) is 9.11. The summed E-state index contributed by atoms with van der Waals surface area (Å²) in [5.41, 5.74) is 1.50. The standard InChI is InChI=1S/C28H33N3O7S/c1-6-39(35,36)30-24-11-9-22(10-12-24)28(34)23(16-29)15-21-7-13-25(14-8-21)31(17-26(32)37-19(2)3)18-27(33)38-20(4)5/h7-15,19-20,30H,6,17-18H2,1-5H3. The van der Waals surface area contributed by atoms with Crippen LogP contribution in [0.15, 0.2) is 54.1 Å². The molecule has 1 N–H and O–H groups in total. The third-order valence-electron chi connectivity index (χ3n) is 5.11. The summed E-state index contributed by atoms with van der Waals surface area (Å²) in [5, 5.41) is 9.60. The topological polar surface area (TPSA) is 143 Å². The van der Waals surface area contributed by atoms with Gasteiger partial charge in [0.25, 0.3) is 0 Å². The van der Waals surface area contributed by atoms with Crippen LogP contribution in [-0.2, 0) is 29.1 Å². The number of hydrogen-bond acceptors (Lipinski definition) is 9. The van der Waals surface area contributed by atoms with Crippen molar-refractivity contribution in [2.75, 3.05) is 28.5 Å². The van der Waals surface area contributed by atoms with Gasteiger partial charge in [-0.1, -0.05) is 12.1 Å². The van der Waals surface area contributed by atoms with Gasteiger partial charge in [0.15, 0.2) is 0 Å². The highest BCUT2D eigenvalue weighted by atomic mass is 32.2. The second-order valence-corrected chi connectivity index (χ2v) is 11.1. The number of rotatable bonds is 13. The molecule has 0 heterocycles. The minimum atomic E-state index is -3.46. The van der Waals surface area contributed by atoms with E-state index in [4.69, 9.17) is 9.47 Å². The fourth-order valence-corrected chi connectivity index (χ4v) is 3.98. The molecule has 0 aliphatic heterocycles. The summed E-state index contributed by atoms with van der Waals surface area (Å²) in [4.78, 5) is 39.0. The lowest BCUT2D eigenvalue weighted by atomic mass is 10.0. The predicted molar refractivity (Wildman–Crippen MR) is 149 cm³/mol. The number of nitrogens with one attached hydrogen (secondary N) is 1. The Hall–Kier alpha value is -4.17. The normalized spacial score (nSPS) is 11.6. The SMILES string of the molecule is CCS(=O)(=O)Nc1ccc(C(=O)C(C#N)=Cc2ccc(N(CC(=O)OC(C)C)CC(=O)OC(C)C)cc2)cc1. The molecule has 208 valence electrons. The molecule has 0 spiro atoms. The van der Waals surface area contributed by atoms with Crippen LogP contribution in [0.3, 0.4) is 0 Å². The molecule has 0 amide bonds. The van der Waals surface area contributed by atoms with Gasteiger partial charge in [0, 0.05) is 16.9 Å². The van der Waals surface area contributed by atoms with Gasteiger partial charge in [-0.15, -0.1) is 0 Å². The van der Waals surface area contributed by atoms with E-state index < -0.39 is 27.7 Å². The molecule has 0 aliphatic carbocycles. The Morgan fingerprint density at radius 3 is 1.87 bits per heavy atom. The highest BCUT2D eigenvalue weighted by Crippen LogP contribution is 2.20. The third-order valence-corrected chi connectivity index (χ3v) is 6.42. The van der Waals surface area contributed by atoms with Crippen LogP contribution >= 0.6 is 0 Å². The number of nitriles is 1. The van der Waals surface area contributed by atoms with Gasteiger partial charge < -0.3 is 14.4 Å². The Balaban J connectivity index is 2.24. The second kappa shape index (κ2) is 14.1. The molecule has 0 aliphatic rings. The molecule has 0 atom stereocenters. The third kappa shape index (κ3) is 10.2. The summed E-state index contributed by atoms with van der Waals surface area (Å²) in [7, 11) is -3.46. The first-order valence-corrected chi connectivity index (χ1v) is 14.0. The fraction of sp³-hybridized carbons (Fsp3) is 0.357. The molecule has 0 saturated carbocycles. The van der Waals surface area contributed by atoms with Crippen LogP contribution < -0.4 is 9.62 Å². The molecule has 0 aromatic heterocycles. The van der Waals surface area contributed by atoms with E-state index in [-0.39, 0.29) is 42.2 Å². The fourth-order valence-electron chi connectivity index (χ4n) is 3.34. The number of allylic oxidation sites excluding steroid dienone is 1. The van der Waals surface area contributed by atoms with E-state index in [1.54, 1.807) is 52.0 Å². The molecule has 2 rings (SSSR count). The zero-order chi connectivity index (χ0) is 29.2. The molecular formula is C28H33N3O7S. The summed E-state index contributed by atoms with van der Waals surface area (Å²) < 4.78 is 36.3. The summed E-state index contributed by atoms with van der Waals surface area (Å²) >= 11 is 0. The monoisotopic (exact) mass is 555 g/mol. The Morgan fingerprint density at radius 2 is 1.44 bits per heavy atom. The molecule has 11 heteroatoms. The van der Waals surface area contributed by atoms with Crippen LogP contribution in [0.1, 0.15) is 50.5 Å². The zero-order valence-corrected chi connectivity index (χ0v) is 23.4. The molecule has 0 bridgehead atoms. The van der Waals surface area contributed by atoms with Crippen molar-refractivity contribution in [1.82, 2.24) is 0 Å². The maximum Gasteiger partial charge on any atom is 0.325 e. The molecule has 10 nitrogen and oxygen atoms in total. The zero-order valence-electron chi connectivity index (χ0n) is 22.6. The van der Waals surface area contributed by atoms with Crippen molar-refractivity contribution in [3.63, 3.8) is 0 Å². The molecule has 2 aromatic rings. The molecule has 0 radical (unpaired) electrons. The summed E-state index contributed by atoms with van der Waals surface area (Å²) in [6.07, 6.45) is 0.797. The number of anilines is 2. The maximum absolute atomic E-state index is 12.9. The van der Waals surface area contributed by atoms with Crippen molar-refractivity contribution < 1.29 is 32.3 Å². The van der Waals surface area contributed by atoms with E-state index in [1.165, 1.54) is 42.2 Å². The number of ketones is 1. The number of ether oxygens (including phenoxy) is 2. The van der Waals surface area contributed by atoms with Crippen molar-refractivity contribution >= 4 is 45.2 Å². The Bertz CT molecular complexity index is 1320. The smallest absolute Gasteiger partial charge is 0.325 e. The van der Waals surface area contributed by atoms with Crippen LogP contribution in [0.4, 0.5) is 11.4 Å². The number of benzene rings is 2. The summed E-state index contributed by atoms with van der Waals surface area (Å²) in [5.74, 6) is -1.62. The van der Waals surface area contributed by atoms with E-state index in [0.29, 0.717) is 16.9 Å². The minimum Gasteiger partial charge on any atom is -0.462 e. The Kier molecular flexibility index (Phi) is 11.2. The van der Waals surface area contributed by atoms with Gasteiger partial charge in [0.1, 0.15) is 24.7 Å². The number of sulfonamides is 1. The van der Waals surface area contributed by atoms with Crippen molar-refractivity contribution in [2.45, 2.75) is 46.8 Å². The largest absolute Gasteiger partial charge is 0.462 e. The van der Waals surface area contributed by atoms with Gasteiger partial charge in [-0.05, 0) is 82.7 Å². The van der Waals surface area contributed by atoms with E-state index in [9.17, 15) is 28.1 Å². The first-order valence-electron chi connectivity index (χ1n) is 12.3. The number of carbonyl (C=O) groups is 3. The first-order chi connectivity index (χ1) is 18.3. The summed E-state index contributed by atoms with van der Waals surface area (Å²) in [6.45, 7) is 8.08. The van der Waals surface area contributed by atoms with Crippen molar-refractivity contribution in [3.8, 4) is 6.07 Å². The number of Topliss-reactive ketones (excluding diaryl/α,β-unsaturated/α-hetero) is 1. The highest BCUT2D eigenvalue weighted by Gasteiger charge is 2.19. The van der Waals surface area contributed by atoms with Crippen molar-refractivity contribution in [1.29, 1.82) is 5.26 Å². The lowest BCUT2D eigenvalue weighted by molar-refractivity contribution is -0.146. The van der Waals surface area contributed by atoms with Gasteiger partial charge in [-0.2, -0.15) is 5.26 Å². The van der Waals surface area contributed by atoms with Crippen LogP contribution in [-0.4, -0.2) is 57.2 Å². The quantitative estimate of drug-likeness (QED) is 0.168. The average Bonchev–Trinajstić information content (AvgIpc) is 2.86. The number of carbonyl (C=O) groups excluding carboxylic acids is 3. The van der Waals surface area contributed by atoms with E-state index in [0.717, 1.165) is 0 Å². The van der Waals surface area contributed by atoms with E-state index in [2.05, 4.69) is 4.72 Å². The van der Waals surface area contributed by atoms with Crippen molar-refractivity contribution in [3.05, 3.63) is 65.2 Å². The minimum absolute atomic E-state index is 0.0877. The summed E-state index contributed by atoms with van der Waals surface area (Å²) in [6, 6.07) is 14.3. The van der Waals surface area contributed by atoms with Crippen LogP contribution in [0, 0.1) is 11.3 Å². The first kappa shape index (κ1) is 31.1. The highest BCUT2D eigenvalue weighted by molar-refractivity contribution is 7.92. The number of nitrogens with zero attached hydrogens (tertiary/aromatic N) is 2. The lowest BCUT2D eigenvalue weighted by Crippen LogP contribution is -2.37. The Labute approximate surface area is 229 Å². The number of esters is 2. The molecule has 39 heavy (non-hydrogen) atoms. The molecule has 0 fully saturated rings. The average molecular weight is 556 g/mol. The van der Waals surface area contributed by atoms with Crippen LogP contribution in [0.2, 0.25) is 0 Å². The van der Waals surface area contributed by atoms with Crippen LogP contribution in [0.25, 0.3) is 6.08 Å². The van der Waals surface area contributed by atoms with Gasteiger partial charge in [-0.25, -0.2) is 8.42 Å². The van der Waals surface area contributed by atoms with E-state index in [1.807, 2.05) is 6.07 Å². The van der Waals surface area contributed by atoms with Crippen molar-refractivity contribution in [2.24, 2.45) is 0 Å². The molecular weight excluding hydrogens is 522 g/mol. The van der Waals surface area contributed by atoms with Crippen LogP contribution in [0.5, 0.6) is 0 Å². The molecule has 0 saturated heterocycles.